The van der Waals surface area contributed by atoms with E-state index in [1.807, 2.05) is 0 Å². The van der Waals surface area contributed by atoms with Crippen LogP contribution in [0.1, 0.15) is 18.4 Å². The molecule has 0 aliphatic carbocycles. The second-order valence-electron chi connectivity index (χ2n) is 3.86. The molecule has 0 bridgehead atoms. The molecule has 1 unspecified atom stereocenters. The van der Waals surface area contributed by atoms with E-state index in [0.717, 1.165) is 12.5 Å². The summed E-state index contributed by atoms with van der Waals surface area (Å²) in [4.78, 5) is 11.7. The Morgan fingerprint density at radius 2 is 2.25 bits per heavy atom. The summed E-state index contributed by atoms with van der Waals surface area (Å²) in [5.41, 5.74) is 0.0977. The molecule has 1 atom stereocenters. The van der Waals surface area contributed by atoms with Crippen LogP contribution in [0, 0.1) is 11.6 Å². The Labute approximate surface area is 92.2 Å². The minimum absolute atomic E-state index is 0.0977. The minimum atomic E-state index is -0.936. The number of benzene rings is 1. The predicted octanol–water partition coefficient (Wildman–Crippen LogP) is 2.26. The molecule has 86 valence electrons. The molecule has 0 amide bonds. The molecule has 16 heavy (non-hydrogen) atoms. The van der Waals surface area contributed by atoms with E-state index in [4.69, 9.17) is 4.74 Å². The summed E-state index contributed by atoms with van der Waals surface area (Å²) in [5, 5.41) is 0. The Kier molecular flexibility index (Phi) is 3.29. The molecular formula is C12H12F2O2. The molecule has 1 heterocycles. The third-order valence-electron chi connectivity index (χ3n) is 2.69. The highest BCUT2D eigenvalue weighted by molar-refractivity contribution is 5.85. The topological polar surface area (TPSA) is 26.3 Å². The van der Waals surface area contributed by atoms with E-state index in [1.165, 1.54) is 12.1 Å². The summed E-state index contributed by atoms with van der Waals surface area (Å²) in [6.07, 6.45) is 0.981. The second kappa shape index (κ2) is 4.70. The molecule has 1 saturated heterocycles. The Morgan fingerprint density at radius 3 is 2.94 bits per heavy atom. The maximum Gasteiger partial charge on any atom is 0.166 e. The smallest absolute Gasteiger partial charge is 0.166 e. The number of carbonyl (C=O) groups is 1. The number of ketones is 1. The van der Waals surface area contributed by atoms with Gasteiger partial charge in [0.25, 0.3) is 0 Å². The summed E-state index contributed by atoms with van der Waals surface area (Å²) < 4.78 is 31.4. The van der Waals surface area contributed by atoms with E-state index in [2.05, 4.69) is 0 Å². The normalized spacial score (nSPS) is 20.0. The van der Waals surface area contributed by atoms with Gasteiger partial charge in [-0.05, 0) is 24.5 Å². The highest BCUT2D eigenvalue weighted by Crippen LogP contribution is 2.17. The average molecular weight is 226 g/mol. The van der Waals surface area contributed by atoms with Gasteiger partial charge in [-0.25, -0.2) is 8.78 Å². The van der Waals surface area contributed by atoms with Gasteiger partial charge in [0, 0.05) is 13.0 Å². The van der Waals surface area contributed by atoms with Crippen molar-refractivity contribution in [3.63, 3.8) is 0 Å². The van der Waals surface area contributed by atoms with E-state index in [1.54, 1.807) is 0 Å². The zero-order valence-corrected chi connectivity index (χ0v) is 8.71. The van der Waals surface area contributed by atoms with Gasteiger partial charge in [0.2, 0.25) is 0 Å². The lowest BCUT2D eigenvalue weighted by atomic mass is 10.0. The molecule has 0 saturated carbocycles. The van der Waals surface area contributed by atoms with Crippen LogP contribution in [0.2, 0.25) is 0 Å². The quantitative estimate of drug-likeness (QED) is 0.790. The molecule has 0 N–H and O–H groups in total. The Bertz CT molecular complexity index is 398. The fourth-order valence-electron chi connectivity index (χ4n) is 1.82. The maximum absolute atomic E-state index is 13.3. The summed E-state index contributed by atoms with van der Waals surface area (Å²) in [6.45, 7) is 0.571. The molecule has 1 fully saturated rings. The zero-order valence-electron chi connectivity index (χ0n) is 8.71. The summed E-state index contributed by atoms with van der Waals surface area (Å²) in [7, 11) is 0. The molecule has 2 rings (SSSR count). The van der Waals surface area contributed by atoms with Crippen molar-refractivity contribution in [2.45, 2.75) is 25.4 Å². The van der Waals surface area contributed by atoms with E-state index < -0.39 is 17.7 Å². The van der Waals surface area contributed by atoms with Crippen molar-refractivity contribution >= 4 is 5.78 Å². The first-order valence-electron chi connectivity index (χ1n) is 5.25. The molecule has 4 heteroatoms. The number of Topliss-reactive ketones (excluding diaryl/α,β-unsaturated/α-hetero) is 1. The van der Waals surface area contributed by atoms with Crippen molar-refractivity contribution in [3.8, 4) is 0 Å². The standard InChI is InChI=1S/C12H12F2O2/c13-9-4-1-3-8(12(9)14)7-10(15)11-5-2-6-16-11/h1,3-4,11H,2,5-7H2. The third kappa shape index (κ3) is 2.27. The van der Waals surface area contributed by atoms with Crippen LogP contribution >= 0.6 is 0 Å². The largest absolute Gasteiger partial charge is 0.370 e. The van der Waals surface area contributed by atoms with Gasteiger partial charge in [0.1, 0.15) is 6.10 Å². The Hall–Kier alpha value is -1.29. The summed E-state index contributed by atoms with van der Waals surface area (Å²) >= 11 is 0. The van der Waals surface area contributed by atoms with Gasteiger partial charge in [-0.15, -0.1) is 0 Å². The van der Waals surface area contributed by atoms with Crippen LogP contribution in [-0.4, -0.2) is 18.5 Å². The number of carbonyl (C=O) groups excluding carboxylic acids is 1. The average Bonchev–Trinajstić information content (AvgIpc) is 2.78. The fourth-order valence-corrected chi connectivity index (χ4v) is 1.82. The number of rotatable bonds is 3. The van der Waals surface area contributed by atoms with Crippen LogP contribution < -0.4 is 0 Å². The molecule has 0 spiro atoms. The minimum Gasteiger partial charge on any atom is -0.370 e. The number of hydrogen-bond donors (Lipinski definition) is 0. The number of ether oxygens (including phenoxy) is 1. The van der Waals surface area contributed by atoms with Gasteiger partial charge in [0.15, 0.2) is 17.4 Å². The monoisotopic (exact) mass is 226 g/mol. The number of halogens is 2. The second-order valence-corrected chi connectivity index (χ2v) is 3.86. The first-order chi connectivity index (χ1) is 7.68. The van der Waals surface area contributed by atoms with Gasteiger partial charge in [0.05, 0.1) is 0 Å². The third-order valence-corrected chi connectivity index (χ3v) is 2.69. The van der Waals surface area contributed by atoms with Crippen molar-refractivity contribution in [2.75, 3.05) is 6.61 Å². The van der Waals surface area contributed by atoms with Gasteiger partial charge >= 0.3 is 0 Å². The molecular weight excluding hydrogens is 214 g/mol. The molecule has 0 radical (unpaired) electrons. The van der Waals surface area contributed by atoms with Crippen molar-refractivity contribution in [2.24, 2.45) is 0 Å². The van der Waals surface area contributed by atoms with Gasteiger partial charge < -0.3 is 4.74 Å². The SMILES string of the molecule is O=C(Cc1cccc(F)c1F)C1CCCO1. The van der Waals surface area contributed by atoms with Crippen LogP contribution in [-0.2, 0) is 16.0 Å². The Balaban J connectivity index is 2.08. The van der Waals surface area contributed by atoms with E-state index in [-0.39, 0.29) is 17.8 Å². The van der Waals surface area contributed by atoms with Crippen LogP contribution in [0.15, 0.2) is 18.2 Å². The lowest BCUT2D eigenvalue weighted by Gasteiger charge is -2.08. The zero-order chi connectivity index (χ0) is 11.5. The lowest BCUT2D eigenvalue weighted by Crippen LogP contribution is -2.21. The van der Waals surface area contributed by atoms with E-state index >= 15 is 0 Å². The van der Waals surface area contributed by atoms with Gasteiger partial charge in [-0.1, -0.05) is 12.1 Å². The van der Waals surface area contributed by atoms with Gasteiger partial charge in [-0.2, -0.15) is 0 Å². The van der Waals surface area contributed by atoms with Crippen molar-refractivity contribution in [1.29, 1.82) is 0 Å². The summed E-state index contributed by atoms with van der Waals surface area (Å²) in [5.74, 6) is -2.03. The van der Waals surface area contributed by atoms with Crippen LogP contribution in [0.5, 0.6) is 0 Å². The molecule has 0 aromatic heterocycles. The van der Waals surface area contributed by atoms with Crippen LogP contribution in [0.3, 0.4) is 0 Å². The molecule has 1 aliphatic rings. The Morgan fingerprint density at radius 1 is 1.44 bits per heavy atom. The fraction of sp³-hybridized carbons (Fsp3) is 0.417. The number of hydrogen-bond acceptors (Lipinski definition) is 2. The van der Waals surface area contributed by atoms with Crippen LogP contribution in [0.25, 0.3) is 0 Å². The maximum atomic E-state index is 13.3. The first kappa shape index (κ1) is 11.2. The molecule has 2 nitrogen and oxygen atoms in total. The van der Waals surface area contributed by atoms with Crippen LogP contribution in [0.4, 0.5) is 8.78 Å². The van der Waals surface area contributed by atoms with E-state index in [0.29, 0.717) is 13.0 Å². The predicted molar refractivity (Wildman–Crippen MR) is 54.0 cm³/mol. The highest BCUT2D eigenvalue weighted by Gasteiger charge is 2.24. The highest BCUT2D eigenvalue weighted by atomic mass is 19.2. The molecule has 1 aromatic rings. The van der Waals surface area contributed by atoms with E-state index in [9.17, 15) is 13.6 Å². The van der Waals surface area contributed by atoms with Gasteiger partial charge in [-0.3, -0.25) is 4.79 Å². The van der Waals surface area contributed by atoms with Crippen molar-refractivity contribution < 1.29 is 18.3 Å². The first-order valence-corrected chi connectivity index (χ1v) is 5.25. The molecule has 1 aromatic carbocycles. The van der Waals surface area contributed by atoms with Crippen molar-refractivity contribution in [3.05, 3.63) is 35.4 Å². The lowest BCUT2D eigenvalue weighted by molar-refractivity contribution is -0.127. The summed E-state index contributed by atoms with van der Waals surface area (Å²) in [6, 6.07) is 3.86. The van der Waals surface area contributed by atoms with Crippen molar-refractivity contribution in [1.82, 2.24) is 0 Å². The molecule has 1 aliphatic heterocycles.